The van der Waals surface area contributed by atoms with Crippen LogP contribution in [0.1, 0.15) is 64.7 Å². The van der Waals surface area contributed by atoms with Gasteiger partial charge < -0.3 is 19.3 Å². The van der Waals surface area contributed by atoms with Crippen LogP contribution in [-0.2, 0) is 14.2 Å². The zero-order valence-corrected chi connectivity index (χ0v) is 15.6. The average Bonchev–Trinajstić information content (AvgIpc) is 3.10. The maximum absolute atomic E-state index is 14.2. The van der Waals surface area contributed by atoms with Gasteiger partial charge >= 0.3 is 0 Å². The van der Waals surface area contributed by atoms with Crippen LogP contribution < -0.4 is 0 Å². The van der Waals surface area contributed by atoms with Gasteiger partial charge in [0.1, 0.15) is 0 Å². The van der Waals surface area contributed by atoms with Gasteiger partial charge in [0.25, 0.3) is 5.92 Å². The number of aliphatic hydroxyl groups is 1. The van der Waals surface area contributed by atoms with E-state index in [9.17, 15) is 13.9 Å². The monoisotopic (exact) mass is 374 g/mol. The molecule has 3 aliphatic rings. The minimum atomic E-state index is -2.79. The second-order valence-corrected chi connectivity index (χ2v) is 7.89. The van der Waals surface area contributed by atoms with E-state index in [4.69, 9.17) is 14.2 Å². The van der Waals surface area contributed by atoms with Crippen LogP contribution in [0.25, 0.3) is 0 Å². The Balaban J connectivity index is 1.63. The molecule has 1 aliphatic carbocycles. The molecular weight excluding hydrogens is 342 g/mol. The molecule has 4 nitrogen and oxygen atoms in total. The second kappa shape index (κ2) is 9.09. The quantitative estimate of drug-likeness (QED) is 0.505. The van der Waals surface area contributed by atoms with Gasteiger partial charge in [0.2, 0.25) is 0 Å². The lowest BCUT2D eigenvalue weighted by Gasteiger charge is -2.29. The number of hydrogen-bond acceptors (Lipinski definition) is 4. The van der Waals surface area contributed by atoms with Crippen LogP contribution in [0.4, 0.5) is 8.78 Å². The first-order valence-corrected chi connectivity index (χ1v) is 10.2. The molecule has 1 saturated carbocycles. The highest BCUT2D eigenvalue weighted by atomic mass is 19.3. The lowest BCUT2D eigenvalue weighted by Crippen LogP contribution is -2.31. The predicted octanol–water partition coefficient (Wildman–Crippen LogP) is 4.41. The summed E-state index contributed by atoms with van der Waals surface area (Å²) in [7, 11) is 0. The van der Waals surface area contributed by atoms with E-state index in [2.05, 4.69) is 0 Å². The SMILES string of the molecule is CCCCCC(F)(F)/C=C/[C@@H]1[C@H]2CC(O)O[C@H]2C[C@H]1OC1CCCCO1. The van der Waals surface area contributed by atoms with Crippen LogP contribution >= 0.6 is 0 Å². The molecule has 2 saturated heterocycles. The van der Waals surface area contributed by atoms with Crippen molar-refractivity contribution in [1.82, 2.24) is 0 Å². The van der Waals surface area contributed by atoms with Crippen molar-refractivity contribution in [2.24, 2.45) is 11.8 Å². The molecule has 3 fully saturated rings. The van der Waals surface area contributed by atoms with Gasteiger partial charge in [0, 0.05) is 31.8 Å². The van der Waals surface area contributed by atoms with E-state index in [1.807, 2.05) is 6.92 Å². The van der Waals surface area contributed by atoms with Gasteiger partial charge in [0.05, 0.1) is 12.2 Å². The lowest BCUT2D eigenvalue weighted by molar-refractivity contribution is -0.196. The Bertz CT molecular complexity index is 465. The van der Waals surface area contributed by atoms with Gasteiger partial charge in [-0.15, -0.1) is 0 Å². The van der Waals surface area contributed by atoms with Crippen LogP contribution in [0.15, 0.2) is 12.2 Å². The number of aliphatic hydroxyl groups excluding tert-OH is 1. The van der Waals surface area contributed by atoms with Gasteiger partial charge in [-0.25, -0.2) is 8.78 Å². The minimum absolute atomic E-state index is 0.0290. The Morgan fingerprint density at radius 2 is 2.08 bits per heavy atom. The van der Waals surface area contributed by atoms with E-state index in [-0.39, 0.29) is 36.8 Å². The minimum Gasteiger partial charge on any atom is -0.368 e. The summed E-state index contributed by atoms with van der Waals surface area (Å²) in [5, 5.41) is 9.77. The molecule has 0 radical (unpaired) electrons. The summed E-state index contributed by atoms with van der Waals surface area (Å²) < 4.78 is 45.7. The molecular formula is C20H32F2O4. The van der Waals surface area contributed by atoms with Crippen LogP contribution in [0.2, 0.25) is 0 Å². The van der Waals surface area contributed by atoms with Crippen LogP contribution in [0.5, 0.6) is 0 Å². The fraction of sp³-hybridized carbons (Fsp3) is 0.900. The van der Waals surface area contributed by atoms with Crippen molar-refractivity contribution >= 4 is 0 Å². The first-order chi connectivity index (χ1) is 12.5. The topological polar surface area (TPSA) is 47.9 Å². The van der Waals surface area contributed by atoms with Gasteiger partial charge in [-0.1, -0.05) is 25.8 Å². The van der Waals surface area contributed by atoms with Crippen molar-refractivity contribution in [2.75, 3.05) is 6.61 Å². The summed E-state index contributed by atoms with van der Waals surface area (Å²) >= 11 is 0. The zero-order chi connectivity index (χ0) is 18.6. The molecule has 2 unspecified atom stereocenters. The summed E-state index contributed by atoms with van der Waals surface area (Å²) in [5.74, 6) is -2.93. The molecule has 2 aliphatic heterocycles. The number of ether oxygens (including phenoxy) is 3. The standard InChI is InChI=1S/C20H32F2O4/c1-2-3-5-9-20(21,22)10-8-14-15-12-18(23)25-17(15)13-16(14)26-19-7-4-6-11-24-19/h8,10,14-19,23H,2-7,9,11-13H2,1H3/b10-8+/t14-,15-,16-,17+,18?,19?/m1/s1. The molecule has 0 aromatic rings. The fourth-order valence-corrected chi connectivity index (χ4v) is 4.41. The number of alkyl halides is 2. The highest BCUT2D eigenvalue weighted by molar-refractivity contribution is 5.08. The fourth-order valence-electron chi connectivity index (χ4n) is 4.41. The number of rotatable bonds is 8. The van der Waals surface area contributed by atoms with E-state index >= 15 is 0 Å². The van der Waals surface area contributed by atoms with Crippen LogP contribution in [0, 0.1) is 11.8 Å². The average molecular weight is 374 g/mol. The molecule has 1 N–H and O–H groups in total. The maximum Gasteiger partial charge on any atom is 0.266 e. The first-order valence-electron chi connectivity index (χ1n) is 10.2. The lowest BCUT2D eigenvalue weighted by atomic mass is 9.90. The van der Waals surface area contributed by atoms with Crippen LogP contribution in [0.3, 0.4) is 0 Å². The Kier molecular flexibility index (Phi) is 7.05. The first kappa shape index (κ1) is 20.2. The van der Waals surface area contributed by atoms with Crippen molar-refractivity contribution in [3.8, 4) is 0 Å². The normalized spacial score (nSPS) is 38.2. The van der Waals surface area contributed by atoms with Crippen molar-refractivity contribution < 1.29 is 28.1 Å². The summed E-state index contributed by atoms with van der Waals surface area (Å²) in [6, 6.07) is 0. The number of hydrogen-bond donors (Lipinski definition) is 1. The van der Waals surface area contributed by atoms with E-state index in [1.165, 1.54) is 0 Å². The van der Waals surface area contributed by atoms with Gasteiger partial charge in [-0.3, -0.25) is 0 Å². The summed E-state index contributed by atoms with van der Waals surface area (Å²) in [6.45, 7) is 2.70. The third-order valence-electron chi connectivity index (χ3n) is 5.81. The maximum atomic E-state index is 14.2. The Hall–Kier alpha value is -0.560. The van der Waals surface area contributed by atoms with Crippen molar-refractivity contribution in [3.05, 3.63) is 12.2 Å². The number of unbranched alkanes of at least 4 members (excludes halogenated alkanes) is 2. The Morgan fingerprint density at radius 1 is 1.23 bits per heavy atom. The summed E-state index contributed by atoms with van der Waals surface area (Å²) in [6.07, 6.45) is 7.53. The molecule has 3 rings (SSSR count). The highest BCUT2D eigenvalue weighted by Gasteiger charge is 2.49. The van der Waals surface area contributed by atoms with Gasteiger partial charge in [0.15, 0.2) is 12.6 Å². The third-order valence-corrected chi connectivity index (χ3v) is 5.81. The Morgan fingerprint density at radius 3 is 2.81 bits per heavy atom. The molecule has 0 spiro atoms. The van der Waals surface area contributed by atoms with Crippen LogP contribution in [-0.4, -0.2) is 42.4 Å². The molecule has 6 heteroatoms. The Labute approximate surface area is 154 Å². The summed E-state index contributed by atoms with van der Waals surface area (Å²) in [5.41, 5.74) is 0. The molecule has 0 bridgehead atoms. The van der Waals surface area contributed by atoms with E-state index in [0.29, 0.717) is 25.9 Å². The number of fused-ring (bicyclic) bond motifs is 1. The molecule has 0 amide bonds. The van der Waals surface area contributed by atoms with Gasteiger partial charge in [-0.05, 0) is 37.7 Å². The molecule has 0 aromatic heterocycles. The van der Waals surface area contributed by atoms with E-state index in [0.717, 1.165) is 38.2 Å². The third kappa shape index (κ3) is 5.24. The molecule has 150 valence electrons. The van der Waals surface area contributed by atoms with Crippen molar-refractivity contribution in [1.29, 1.82) is 0 Å². The highest BCUT2D eigenvalue weighted by Crippen LogP contribution is 2.45. The second-order valence-electron chi connectivity index (χ2n) is 7.89. The van der Waals surface area contributed by atoms with E-state index in [1.54, 1.807) is 6.08 Å². The molecule has 26 heavy (non-hydrogen) atoms. The summed E-state index contributed by atoms with van der Waals surface area (Å²) in [4.78, 5) is 0. The van der Waals surface area contributed by atoms with Crippen molar-refractivity contribution in [2.45, 2.75) is 95.4 Å². The predicted molar refractivity (Wildman–Crippen MR) is 93.8 cm³/mol. The zero-order valence-electron chi connectivity index (χ0n) is 15.6. The molecule has 0 aromatic carbocycles. The van der Waals surface area contributed by atoms with Crippen molar-refractivity contribution in [3.63, 3.8) is 0 Å². The number of halogens is 2. The smallest absolute Gasteiger partial charge is 0.266 e. The molecule has 2 heterocycles. The molecule has 6 atom stereocenters. The number of allylic oxidation sites excluding steroid dienone is 1. The largest absolute Gasteiger partial charge is 0.368 e. The van der Waals surface area contributed by atoms with Gasteiger partial charge in [-0.2, -0.15) is 0 Å². The van der Waals surface area contributed by atoms with E-state index < -0.39 is 12.2 Å².